The molecule has 40 heavy (non-hydrogen) atoms. The summed E-state index contributed by atoms with van der Waals surface area (Å²) in [4.78, 5) is 27.4. The molecule has 1 N–H and O–H groups in total. The smallest absolute Gasteiger partial charge is 0.407 e. The molecule has 0 aliphatic carbocycles. The fourth-order valence-corrected chi connectivity index (χ4v) is 6.35. The number of para-hydroxylation sites is 1. The molecule has 1 unspecified atom stereocenters. The van der Waals surface area contributed by atoms with Crippen LogP contribution in [0.1, 0.15) is 59.4 Å². The number of anilines is 1. The highest BCUT2D eigenvalue weighted by atomic mass is 19.1. The van der Waals surface area contributed by atoms with E-state index in [0.29, 0.717) is 38.1 Å². The van der Waals surface area contributed by atoms with Gasteiger partial charge in [-0.25, -0.2) is 9.18 Å². The van der Waals surface area contributed by atoms with Crippen molar-refractivity contribution in [3.63, 3.8) is 0 Å². The van der Waals surface area contributed by atoms with Crippen LogP contribution in [0.4, 0.5) is 14.9 Å². The molecule has 0 radical (unpaired) electrons. The summed E-state index contributed by atoms with van der Waals surface area (Å²) in [5, 5.41) is 14.3. The predicted molar refractivity (Wildman–Crippen MR) is 151 cm³/mol. The third-order valence-electron chi connectivity index (χ3n) is 8.73. The molecule has 1 saturated heterocycles. The molecule has 2 aliphatic heterocycles. The van der Waals surface area contributed by atoms with E-state index in [9.17, 15) is 19.1 Å². The molecule has 0 saturated carbocycles. The van der Waals surface area contributed by atoms with Gasteiger partial charge in [-0.15, -0.1) is 0 Å². The van der Waals surface area contributed by atoms with E-state index in [1.807, 2.05) is 29.9 Å². The summed E-state index contributed by atoms with van der Waals surface area (Å²) in [7, 11) is 0. The van der Waals surface area contributed by atoms with Crippen molar-refractivity contribution in [2.24, 2.45) is 5.41 Å². The number of rotatable bonds is 4. The predicted octanol–water partition coefficient (Wildman–Crippen LogP) is 6.68. The minimum atomic E-state index is -0.901. The first-order valence-corrected chi connectivity index (χ1v) is 13.8. The largest absolute Gasteiger partial charge is 0.465 e. The normalized spacial score (nSPS) is 18.8. The Bertz CT molecular complexity index is 1440. The minimum Gasteiger partial charge on any atom is -0.465 e. The van der Waals surface area contributed by atoms with Gasteiger partial charge in [-0.05, 0) is 62.3 Å². The lowest BCUT2D eigenvalue weighted by molar-refractivity contribution is -0.117. The van der Waals surface area contributed by atoms with Gasteiger partial charge in [-0.2, -0.15) is 5.10 Å². The number of piperidine rings is 1. The second-order valence-corrected chi connectivity index (χ2v) is 12.0. The number of carbonyl (C=O) groups excluding carboxylic acids is 1. The summed E-state index contributed by atoms with van der Waals surface area (Å²) in [6.07, 6.45) is 5.60. The lowest BCUT2D eigenvalue weighted by Gasteiger charge is -2.49. The number of fused-ring (bicyclic) bond motifs is 1. The van der Waals surface area contributed by atoms with E-state index < -0.39 is 17.4 Å². The molecule has 1 fully saturated rings. The SMILES string of the molecule is CC(=O)N1c2ccc(-c3cnn(C4(C(C)(C)C)CCN(C(=O)O)CC4)c3)c(Oc3ccccc3F)c2CCC1C. The number of amides is 2. The Morgan fingerprint density at radius 3 is 2.45 bits per heavy atom. The number of ether oxygens (including phenoxy) is 1. The molecule has 0 spiro atoms. The van der Waals surface area contributed by atoms with Gasteiger partial charge in [0.25, 0.3) is 0 Å². The Labute approximate surface area is 234 Å². The van der Waals surface area contributed by atoms with E-state index in [-0.39, 0.29) is 23.1 Å². The molecule has 1 atom stereocenters. The summed E-state index contributed by atoms with van der Waals surface area (Å²) in [5.74, 6) is 0.118. The van der Waals surface area contributed by atoms with Gasteiger partial charge in [0.2, 0.25) is 5.91 Å². The Hall–Kier alpha value is -3.88. The summed E-state index contributed by atoms with van der Waals surface area (Å²) >= 11 is 0. The van der Waals surface area contributed by atoms with Crippen LogP contribution < -0.4 is 9.64 Å². The molecule has 1 aromatic heterocycles. The van der Waals surface area contributed by atoms with Gasteiger partial charge in [-0.3, -0.25) is 9.48 Å². The second-order valence-electron chi connectivity index (χ2n) is 12.0. The molecule has 3 aromatic rings. The van der Waals surface area contributed by atoms with E-state index in [0.717, 1.165) is 28.8 Å². The van der Waals surface area contributed by atoms with Gasteiger partial charge < -0.3 is 19.6 Å². The second kappa shape index (κ2) is 10.3. The van der Waals surface area contributed by atoms with Crippen LogP contribution in [0.2, 0.25) is 0 Å². The molecule has 0 bridgehead atoms. The lowest BCUT2D eigenvalue weighted by atomic mass is 9.68. The van der Waals surface area contributed by atoms with E-state index in [1.54, 1.807) is 36.2 Å². The zero-order valence-electron chi connectivity index (χ0n) is 23.8. The fraction of sp³-hybridized carbons (Fsp3) is 0.452. The first-order chi connectivity index (χ1) is 18.9. The number of halogens is 1. The number of benzene rings is 2. The van der Waals surface area contributed by atoms with Crippen molar-refractivity contribution in [1.82, 2.24) is 14.7 Å². The third kappa shape index (κ3) is 4.71. The molecular formula is C31H37FN4O4. The van der Waals surface area contributed by atoms with Crippen molar-refractivity contribution in [2.45, 2.75) is 71.9 Å². The molecule has 5 rings (SSSR count). The van der Waals surface area contributed by atoms with Gasteiger partial charge in [0.1, 0.15) is 5.75 Å². The average Bonchev–Trinajstić information content (AvgIpc) is 3.39. The van der Waals surface area contributed by atoms with Crippen LogP contribution in [0, 0.1) is 11.2 Å². The van der Waals surface area contributed by atoms with Crippen molar-refractivity contribution in [3.8, 4) is 22.6 Å². The zero-order chi connectivity index (χ0) is 28.8. The highest BCUT2D eigenvalue weighted by Crippen LogP contribution is 2.48. The fourth-order valence-electron chi connectivity index (χ4n) is 6.35. The molecular weight excluding hydrogens is 511 g/mol. The van der Waals surface area contributed by atoms with E-state index in [4.69, 9.17) is 9.84 Å². The number of hydrogen-bond acceptors (Lipinski definition) is 4. The molecule has 9 heteroatoms. The summed E-state index contributed by atoms with van der Waals surface area (Å²) < 4.78 is 23.1. The maximum atomic E-state index is 14.8. The Morgan fingerprint density at radius 1 is 1.12 bits per heavy atom. The lowest BCUT2D eigenvalue weighted by Crippen LogP contribution is -2.54. The van der Waals surface area contributed by atoms with Gasteiger partial charge in [0.05, 0.1) is 17.4 Å². The van der Waals surface area contributed by atoms with Crippen molar-refractivity contribution in [1.29, 1.82) is 0 Å². The van der Waals surface area contributed by atoms with Crippen LogP contribution in [-0.2, 0) is 16.8 Å². The highest BCUT2D eigenvalue weighted by molar-refractivity contribution is 5.95. The number of carboxylic acid groups (broad SMARTS) is 1. The van der Waals surface area contributed by atoms with Crippen LogP contribution in [-0.4, -0.2) is 50.9 Å². The van der Waals surface area contributed by atoms with Crippen LogP contribution in [0.5, 0.6) is 11.5 Å². The maximum Gasteiger partial charge on any atom is 0.407 e. The summed E-state index contributed by atoms with van der Waals surface area (Å²) in [6.45, 7) is 10.9. The van der Waals surface area contributed by atoms with Gasteiger partial charge >= 0.3 is 6.09 Å². The van der Waals surface area contributed by atoms with Crippen LogP contribution in [0.25, 0.3) is 11.1 Å². The molecule has 2 aliphatic rings. The van der Waals surface area contributed by atoms with Crippen LogP contribution >= 0.6 is 0 Å². The van der Waals surface area contributed by atoms with E-state index >= 15 is 0 Å². The monoisotopic (exact) mass is 548 g/mol. The van der Waals surface area contributed by atoms with Gasteiger partial charge in [-0.1, -0.05) is 32.9 Å². The molecule has 2 amide bonds. The molecule has 212 valence electrons. The van der Waals surface area contributed by atoms with Crippen LogP contribution in [0.3, 0.4) is 0 Å². The Morgan fingerprint density at radius 2 is 1.82 bits per heavy atom. The third-order valence-corrected chi connectivity index (χ3v) is 8.73. The molecule has 3 heterocycles. The minimum absolute atomic E-state index is 0.0447. The van der Waals surface area contributed by atoms with Crippen LogP contribution in [0.15, 0.2) is 48.8 Å². The molecule has 2 aromatic carbocycles. The first-order valence-electron chi connectivity index (χ1n) is 13.8. The topological polar surface area (TPSA) is 87.9 Å². The summed E-state index contributed by atoms with van der Waals surface area (Å²) in [6, 6.07) is 10.2. The van der Waals surface area contributed by atoms with Crippen molar-refractivity contribution >= 4 is 17.7 Å². The van der Waals surface area contributed by atoms with Gasteiger partial charge in [0.15, 0.2) is 11.6 Å². The van der Waals surface area contributed by atoms with Crippen molar-refractivity contribution < 1.29 is 23.8 Å². The zero-order valence-corrected chi connectivity index (χ0v) is 23.8. The van der Waals surface area contributed by atoms with E-state index in [2.05, 4.69) is 20.8 Å². The quantitative estimate of drug-likeness (QED) is 0.393. The van der Waals surface area contributed by atoms with Gasteiger partial charge in [0, 0.05) is 48.9 Å². The maximum absolute atomic E-state index is 14.8. The number of carbonyl (C=O) groups is 2. The number of nitrogens with zero attached hydrogens (tertiary/aromatic N) is 4. The Balaban J connectivity index is 1.62. The first kappa shape index (κ1) is 27.7. The number of likely N-dealkylation sites (tertiary alicyclic amines) is 1. The van der Waals surface area contributed by atoms with E-state index in [1.165, 1.54) is 11.0 Å². The number of hydrogen-bond donors (Lipinski definition) is 1. The standard InChI is InChI=1S/C31H37FN4O4/c1-20-10-11-24-26(36(20)21(2)37)13-12-23(28(24)40-27-9-7-6-8-25(27)32)22-18-33-35(19-22)31(30(3,4)5)14-16-34(17-15-31)29(38)39/h6-9,12-13,18-20H,10-11,14-17H2,1-5H3,(H,38,39). The average molecular weight is 549 g/mol. The van der Waals surface area contributed by atoms with Crippen molar-refractivity contribution in [2.75, 3.05) is 18.0 Å². The molecule has 8 nitrogen and oxygen atoms in total. The summed E-state index contributed by atoms with van der Waals surface area (Å²) in [5.41, 5.74) is 2.63. The van der Waals surface area contributed by atoms with Crippen molar-refractivity contribution in [3.05, 3.63) is 60.2 Å². The Kier molecular flexibility index (Phi) is 7.10. The number of aromatic nitrogens is 2. The highest BCUT2D eigenvalue weighted by Gasteiger charge is 2.47.